The minimum atomic E-state index is -0.0838. The van der Waals surface area contributed by atoms with Crippen LogP contribution in [0.2, 0.25) is 0 Å². The number of amides is 1. The van der Waals surface area contributed by atoms with E-state index >= 15 is 0 Å². The van der Waals surface area contributed by atoms with Crippen LogP contribution in [0.5, 0.6) is 0 Å². The summed E-state index contributed by atoms with van der Waals surface area (Å²) < 4.78 is 10.2. The summed E-state index contributed by atoms with van der Waals surface area (Å²) in [6.07, 6.45) is 2.96. The molecule has 2 rings (SSSR count). The number of carbonyl (C=O) groups excluding carboxylic acids is 1. The number of nitrogens with zero attached hydrogens (tertiary/aromatic N) is 1. The summed E-state index contributed by atoms with van der Waals surface area (Å²) in [5.74, 6) is -0.0838. The van der Waals surface area contributed by atoms with E-state index in [1.807, 2.05) is 6.92 Å². The number of hydrogen-bond acceptors (Lipinski definition) is 4. The van der Waals surface area contributed by atoms with Crippen molar-refractivity contribution in [2.75, 3.05) is 32.8 Å². The number of carbonyl (C=O) groups is 1. The first kappa shape index (κ1) is 12.1. The number of rotatable bonds is 4. The second kappa shape index (κ2) is 5.84. The van der Waals surface area contributed by atoms with Crippen LogP contribution >= 0.6 is 0 Å². The molecule has 1 N–H and O–H groups in total. The van der Waals surface area contributed by atoms with Gasteiger partial charge in [-0.1, -0.05) is 0 Å². The maximum atomic E-state index is 11.7. The van der Waals surface area contributed by atoms with Gasteiger partial charge in [0.2, 0.25) is 0 Å². The Morgan fingerprint density at radius 1 is 1.53 bits per heavy atom. The molecule has 1 aromatic heterocycles. The molecule has 1 amide bonds. The maximum Gasteiger partial charge on any atom is 0.254 e. The third-order valence-electron chi connectivity index (χ3n) is 2.80. The minimum Gasteiger partial charge on any atom is -0.472 e. The van der Waals surface area contributed by atoms with Gasteiger partial charge in [0, 0.05) is 25.7 Å². The molecule has 0 saturated carbocycles. The van der Waals surface area contributed by atoms with Gasteiger partial charge in [-0.3, -0.25) is 9.69 Å². The Bertz CT molecular complexity index is 345. The first-order chi connectivity index (χ1) is 8.25. The lowest BCUT2D eigenvalue weighted by atomic mass is 10.2. The van der Waals surface area contributed by atoms with E-state index in [0.29, 0.717) is 5.56 Å². The zero-order chi connectivity index (χ0) is 12.1. The topological polar surface area (TPSA) is 54.7 Å². The summed E-state index contributed by atoms with van der Waals surface area (Å²) in [5.41, 5.74) is 0.568. The van der Waals surface area contributed by atoms with Crippen molar-refractivity contribution in [3.05, 3.63) is 24.2 Å². The van der Waals surface area contributed by atoms with Gasteiger partial charge in [0.1, 0.15) is 6.26 Å². The number of morpholine rings is 1. The molecule has 1 aromatic rings. The standard InChI is InChI=1S/C12H18N2O3/c1-10(8-14-3-6-16-7-4-14)13-12(15)11-2-5-17-9-11/h2,5,9-10H,3-4,6-8H2,1H3,(H,13,15). The van der Waals surface area contributed by atoms with Crippen LogP contribution in [0.25, 0.3) is 0 Å². The molecule has 5 heteroatoms. The third-order valence-corrected chi connectivity index (χ3v) is 2.80. The summed E-state index contributed by atoms with van der Waals surface area (Å²) in [4.78, 5) is 14.0. The molecule has 0 spiro atoms. The molecule has 0 aromatic carbocycles. The molecular formula is C12H18N2O3. The summed E-state index contributed by atoms with van der Waals surface area (Å²) >= 11 is 0. The summed E-state index contributed by atoms with van der Waals surface area (Å²) in [7, 11) is 0. The van der Waals surface area contributed by atoms with Crippen molar-refractivity contribution in [1.29, 1.82) is 0 Å². The molecule has 17 heavy (non-hydrogen) atoms. The SMILES string of the molecule is CC(CN1CCOCC1)NC(=O)c1ccoc1. The quantitative estimate of drug-likeness (QED) is 0.840. The highest BCUT2D eigenvalue weighted by Crippen LogP contribution is 2.02. The van der Waals surface area contributed by atoms with E-state index in [-0.39, 0.29) is 11.9 Å². The number of ether oxygens (including phenoxy) is 1. The largest absolute Gasteiger partial charge is 0.472 e. The van der Waals surface area contributed by atoms with Gasteiger partial charge in [0.25, 0.3) is 5.91 Å². The average Bonchev–Trinajstić information content (AvgIpc) is 2.83. The summed E-state index contributed by atoms with van der Waals surface area (Å²) in [6, 6.07) is 1.78. The predicted octanol–water partition coefficient (Wildman–Crippen LogP) is 0.730. The van der Waals surface area contributed by atoms with E-state index in [9.17, 15) is 4.79 Å². The molecule has 1 saturated heterocycles. The van der Waals surface area contributed by atoms with E-state index in [2.05, 4.69) is 10.2 Å². The van der Waals surface area contributed by atoms with Crippen LogP contribution in [0.1, 0.15) is 17.3 Å². The van der Waals surface area contributed by atoms with Crippen molar-refractivity contribution < 1.29 is 13.9 Å². The molecule has 0 aliphatic carbocycles. The van der Waals surface area contributed by atoms with Gasteiger partial charge in [-0.2, -0.15) is 0 Å². The Morgan fingerprint density at radius 3 is 2.94 bits per heavy atom. The fourth-order valence-electron chi connectivity index (χ4n) is 1.92. The Kier molecular flexibility index (Phi) is 4.17. The first-order valence-electron chi connectivity index (χ1n) is 5.89. The smallest absolute Gasteiger partial charge is 0.254 e. The highest BCUT2D eigenvalue weighted by molar-refractivity contribution is 5.93. The van der Waals surface area contributed by atoms with Gasteiger partial charge < -0.3 is 14.5 Å². The van der Waals surface area contributed by atoms with Crippen LogP contribution < -0.4 is 5.32 Å². The van der Waals surface area contributed by atoms with Crippen LogP contribution in [-0.2, 0) is 4.74 Å². The lowest BCUT2D eigenvalue weighted by Crippen LogP contribution is -2.45. The van der Waals surface area contributed by atoms with Crippen molar-refractivity contribution in [1.82, 2.24) is 10.2 Å². The normalized spacial score (nSPS) is 18.9. The Balaban J connectivity index is 1.76. The number of furan rings is 1. The first-order valence-corrected chi connectivity index (χ1v) is 5.89. The van der Waals surface area contributed by atoms with Crippen LogP contribution in [0.3, 0.4) is 0 Å². The molecule has 94 valence electrons. The van der Waals surface area contributed by atoms with Gasteiger partial charge in [0.05, 0.1) is 25.0 Å². The third kappa shape index (κ3) is 3.57. The monoisotopic (exact) mass is 238 g/mol. The van der Waals surface area contributed by atoms with Crippen molar-refractivity contribution in [2.24, 2.45) is 0 Å². The van der Waals surface area contributed by atoms with Gasteiger partial charge >= 0.3 is 0 Å². The van der Waals surface area contributed by atoms with Crippen molar-refractivity contribution >= 4 is 5.91 Å². The molecule has 1 aliphatic heterocycles. The molecule has 1 aliphatic rings. The van der Waals surface area contributed by atoms with E-state index < -0.39 is 0 Å². The summed E-state index contributed by atoms with van der Waals surface area (Å²) in [6.45, 7) is 6.29. The van der Waals surface area contributed by atoms with Gasteiger partial charge in [0.15, 0.2) is 0 Å². The fourth-order valence-corrected chi connectivity index (χ4v) is 1.92. The Hall–Kier alpha value is -1.33. The van der Waals surface area contributed by atoms with E-state index in [0.717, 1.165) is 32.8 Å². The lowest BCUT2D eigenvalue weighted by Gasteiger charge is -2.29. The highest BCUT2D eigenvalue weighted by atomic mass is 16.5. The molecule has 2 heterocycles. The van der Waals surface area contributed by atoms with Crippen LogP contribution in [0.15, 0.2) is 23.0 Å². The number of nitrogens with one attached hydrogen (secondary N) is 1. The second-order valence-corrected chi connectivity index (χ2v) is 4.30. The fraction of sp³-hybridized carbons (Fsp3) is 0.583. The molecule has 0 bridgehead atoms. The van der Waals surface area contributed by atoms with E-state index in [1.54, 1.807) is 6.07 Å². The van der Waals surface area contributed by atoms with Crippen LogP contribution in [-0.4, -0.2) is 49.7 Å². The van der Waals surface area contributed by atoms with Crippen molar-refractivity contribution in [3.63, 3.8) is 0 Å². The van der Waals surface area contributed by atoms with Crippen molar-refractivity contribution in [2.45, 2.75) is 13.0 Å². The second-order valence-electron chi connectivity index (χ2n) is 4.30. The van der Waals surface area contributed by atoms with E-state index in [4.69, 9.17) is 9.15 Å². The minimum absolute atomic E-state index is 0.0838. The maximum absolute atomic E-state index is 11.7. The van der Waals surface area contributed by atoms with Crippen molar-refractivity contribution in [3.8, 4) is 0 Å². The molecule has 0 radical (unpaired) electrons. The van der Waals surface area contributed by atoms with Gasteiger partial charge in [-0.25, -0.2) is 0 Å². The van der Waals surface area contributed by atoms with Gasteiger partial charge in [-0.05, 0) is 13.0 Å². The molecule has 1 fully saturated rings. The molecule has 1 atom stereocenters. The highest BCUT2D eigenvalue weighted by Gasteiger charge is 2.16. The lowest BCUT2D eigenvalue weighted by molar-refractivity contribution is 0.0342. The zero-order valence-electron chi connectivity index (χ0n) is 10.0. The van der Waals surface area contributed by atoms with Crippen LogP contribution in [0, 0.1) is 0 Å². The van der Waals surface area contributed by atoms with E-state index in [1.165, 1.54) is 12.5 Å². The zero-order valence-corrected chi connectivity index (χ0v) is 10.0. The summed E-state index contributed by atoms with van der Waals surface area (Å²) in [5, 5.41) is 2.95. The predicted molar refractivity (Wildman–Crippen MR) is 62.9 cm³/mol. The Labute approximate surface area is 101 Å². The molecule has 1 unspecified atom stereocenters. The van der Waals surface area contributed by atoms with Crippen LogP contribution in [0.4, 0.5) is 0 Å². The average molecular weight is 238 g/mol. The Morgan fingerprint density at radius 2 is 2.29 bits per heavy atom. The number of hydrogen-bond donors (Lipinski definition) is 1. The molecular weight excluding hydrogens is 220 g/mol. The molecule has 5 nitrogen and oxygen atoms in total. The van der Waals surface area contributed by atoms with Gasteiger partial charge in [-0.15, -0.1) is 0 Å².